The van der Waals surface area contributed by atoms with Gasteiger partial charge in [-0.15, -0.1) is 0 Å². The van der Waals surface area contributed by atoms with Crippen LogP contribution in [0.15, 0.2) is 6.20 Å². The number of fused-ring (bicyclic) bond motifs is 1. The van der Waals surface area contributed by atoms with E-state index < -0.39 is 12.0 Å². The van der Waals surface area contributed by atoms with Crippen molar-refractivity contribution >= 4 is 29.0 Å². The lowest BCUT2D eigenvalue weighted by Gasteiger charge is -2.37. The van der Waals surface area contributed by atoms with Crippen molar-refractivity contribution in [2.75, 3.05) is 23.4 Å². The van der Waals surface area contributed by atoms with Crippen LogP contribution in [0.2, 0.25) is 5.28 Å². The molecule has 2 heterocycles. The number of halogens is 3. The monoisotopic (exact) mass is 302 g/mol. The van der Waals surface area contributed by atoms with Gasteiger partial charge >= 0.3 is 0 Å². The van der Waals surface area contributed by atoms with Crippen molar-refractivity contribution in [3.8, 4) is 0 Å². The molecule has 2 aliphatic rings. The first-order chi connectivity index (χ1) is 9.37. The third-order valence-electron chi connectivity index (χ3n) is 3.85. The number of hydrogen-bond acceptors (Lipinski definition) is 4. The average Bonchev–Trinajstić information content (AvgIpc) is 2.74. The van der Waals surface area contributed by atoms with Crippen LogP contribution in [0.4, 0.5) is 20.3 Å². The van der Waals surface area contributed by atoms with Crippen molar-refractivity contribution in [2.24, 2.45) is 0 Å². The van der Waals surface area contributed by atoms with Gasteiger partial charge in [0.1, 0.15) is 5.69 Å². The Balaban J connectivity index is 1.99. The first-order valence-electron chi connectivity index (χ1n) is 6.31. The Labute approximate surface area is 119 Å². The van der Waals surface area contributed by atoms with Crippen molar-refractivity contribution in [1.82, 2.24) is 9.97 Å². The highest BCUT2D eigenvalue weighted by Crippen LogP contribution is 2.41. The van der Waals surface area contributed by atoms with Crippen LogP contribution in [0, 0.1) is 0 Å². The molecule has 1 unspecified atom stereocenters. The largest absolute Gasteiger partial charge is 0.342 e. The molecule has 20 heavy (non-hydrogen) atoms. The smallest absolute Gasteiger partial charge is 0.250 e. The minimum Gasteiger partial charge on any atom is -0.342 e. The Bertz CT molecular complexity index is 568. The zero-order chi connectivity index (χ0) is 14.5. The average molecular weight is 303 g/mol. The number of rotatable bonds is 1. The van der Waals surface area contributed by atoms with E-state index in [1.54, 1.807) is 11.9 Å². The number of nitrogens with zero attached hydrogens (tertiary/aromatic N) is 4. The van der Waals surface area contributed by atoms with Gasteiger partial charge in [-0.05, 0) is 18.0 Å². The zero-order valence-corrected chi connectivity index (χ0v) is 11.6. The molecule has 1 aliphatic carbocycles. The molecule has 0 radical (unpaired) electrons. The van der Waals surface area contributed by atoms with Crippen LogP contribution < -0.4 is 9.80 Å². The second kappa shape index (κ2) is 4.51. The van der Waals surface area contributed by atoms with Crippen LogP contribution in [0.25, 0.3) is 0 Å². The molecular formula is C12H13ClF2N4O. The van der Waals surface area contributed by atoms with Crippen LogP contribution in [0.5, 0.6) is 0 Å². The first-order valence-corrected chi connectivity index (χ1v) is 6.69. The predicted octanol–water partition coefficient (Wildman–Crippen LogP) is 2.10. The molecule has 1 fully saturated rings. The van der Waals surface area contributed by atoms with Crippen LogP contribution in [-0.4, -0.2) is 41.4 Å². The van der Waals surface area contributed by atoms with Gasteiger partial charge in [-0.1, -0.05) is 0 Å². The molecule has 0 aromatic carbocycles. The number of aromatic nitrogens is 2. The second-order valence-corrected chi connectivity index (χ2v) is 5.52. The van der Waals surface area contributed by atoms with Crippen molar-refractivity contribution in [3.63, 3.8) is 0 Å². The van der Waals surface area contributed by atoms with E-state index in [-0.39, 0.29) is 30.6 Å². The molecule has 108 valence electrons. The van der Waals surface area contributed by atoms with Crippen LogP contribution in [-0.2, 0) is 4.79 Å². The maximum Gasteiger partial charge on any atom is 0.250 e. The van der Waals surface area contributed by atoms with Crippen molar-refractivity contribution in [2.45, 2.75) is 31.2 Å². The summed E-state index contributed by atoms with van der Waals surface area (Å²) in [6.45, 7) is 0.0393. The summed E-state index contributed by atoms with van der Waals surface area (Å²) in [5.74, 6) is -2.39. The number of amides is 1. The fraction of sp³-hybridized carbons (Fsp3) is 0.583. The summed E-state index contributed by atoms with van der Waals surface area (Å²) in [6, 6.07) is -0.396. The molecule has 0 spiro atoms. The highest BCUT2D eigenvalue weighted by Gasteiger charge is 2.44. The molecule has 1 amide bonds. The summed E-state index contributed by atoms with van der Waals surface area (Å²) in [5.41, 5.74) is 0.501. The van der Waals surface area contributed by atoms with E-state index in [1.165, 1.54) is 11.1 Å². The Morgan fingerprint density at radius 1 is 1.50 bits per heavy atom. The number of anilines is 2. The van der Waals surface area contributed by atoms with E-state index in [9.17, 15) is 13.6 Å². The molecule has 5 nitrogen and oxygen atoms in total. The maximum atomic E-state index is 13.4. The van der Waals surface area contributed by atoms with Crippen LogP contribution in [0.1, 0.15) is 19.3 Å². The zero-order valence-electron chi connectivity index (χ0n) is 10.8. The van der Waals surface area contributed by atoms with Gasteiger partial charge in [0.05, 0.1) is 12.7 Å². The van der Waals surface area contributed by atoms with Gasteiger partial charge in [0.15, 0.2) is 5.82 Å². The van der Waals surface area contributed by atoms with E-state index in [4.69, 9.17) is 11.6 Å². The molecule has 1 atom stereocenters. The second-order valence-electron chi connectivity index (χ2n) is 5.18. The van der Waals surface area contributed by atoms with Crippen molar-refractivity contribution in [3.05, 3.63) is 11.5 Å². The summed E-state index contributed by atoms with van der Waals surface area (Å²) < 4.78 is 26.8. The van der Waals surface area contributed by atoms with Gasteiger partial charge in [-0.25, -0.2) is 13.8 Å². The molecule has 1 aliphatic heterocycles. The van der Waals surface area contributed by atoms with E-state index in [0.29, 0.717) is 17.9 Å². The molecule has 8 heteroatoms. The molecule has 0 saturated heterocycles. The number of carbonyl (C=O) groups is 1. The molecule has 0 N–H and O–H groups in total. The topological polar surface area (TPSA) is 49.3 Å². The van der Waals surface area contributed by atoms with E-state index in [1.807, 2.05) is 0 Å². The lowest BCUT2D eigenvalue weighted by atomic mass is 10.1. The van der Waals surface area contributed by atoms with Gasteiger partial charge in [0, 0.05) is 25.9 Å². The minimum absolute atomic E-state index is 0.0393. The third-order valence-corrected chi connectivity index (χ3v) is 4.03. The van der Waals surface area contributed by atoms with E-state index in [2.05, 4.69) is 9.97 Å². The number of hydrogen-bond donors (Lipinski definition) is 0. The van der Waals surface area contributed by atoms with Gasteiger partial charge in [0.25, 0.3) is 0 Å². The Morgan fingerprint density at radius 2 is 2.25 bits per heavy atom. The first kappa shape index (κ1) is 13.5. The lowest BCUT2D eigenvalue weighted by molar-refractivity contribution is -0.117. The summed E-state index contributed by atoms with van der Waals surface area (Å²) >= 11 is 5.79. The predicted molar refractivity (Wildman–Crippen MR) is 70.4 cm³/mol. The normalized spacial score (nSPS) is 25.0. The van der Waals surface area contributed by atoms with Crippen LogP contribution >= 0.6 is 11.6 Å². The summed E-state index contributed by atoms with van der Waals surface area (Å²) in [5, 5.41) is 0.0428. The molecular weight excluding hydrogens is 290 g/mol. The quantitative estimate of drug-likeness (QED) is 0.746. The maximum absolute atomic E-state index is 13.4. The van der Waals surface area contributed by atoms with Gasteiger partial charge < -0.3 is 9.80 Å². The summed E-state index contributed by atoms with van der Waals surface area (Å²) in [7, 11) is 1.61. The summed E-state index contributed by atoms with van der Waals surface area (Å²) in [6.07, 6.45) is 1.37. The molecule has 0 bridgehead atoms. The Morgan fingerprint density at radius 3 is 2.90 bits per heavy atom. The SMILES string of the molecule is CN1C(=O)CN(C2CCC(F)(F)C2)c2nc(Cl)ncc21. The Kier molecular flexibility index (Phi) is 3.04. The van der Waals surface area contributed by atoms with E-state index in [0.717, 1.165) is 0 Å². The molecule has 1 aromatic rings. The van der Waals surface area contributed by atoms with E-state index >= 15 is 0 Å². The minimum atomic E-state index is -2.67. The van der Waals surface area contributed by atoms with Gasteiger partial charge in [0.2, 0.25) is 17.1 Å². The van der Waals surface area contributed by atoms with Gasteiger partial charge in [-0.3, -0.25) is 4.79 Å². The standard InChI is InChI=1S/C12H13ClF2N4O/c1-18-8-5-16-11(13)17-10(8)19(6-9(18)20)7-2-3-12(14,15)4-7/h5,7H,2-4,6H2,1H3. The lowest BCUT2D eigenvalue weighted by Crippen LogP contribution is -2.48. The number of alkyl halides is 2. The fourth-order valence-corrected chi connectivity index (χ4v) is 2.88. The molecule has 1 aromatic heterocycles. The summed E-state index contributed by atoms with van der Waals surface area (Å²) in [4.78, 5) is 23.0. The third kappa shape index (κ3) is 2.19. The Hall–Kier alpha value is -1.50. The molecule has 3 rings (SSSR count). The number of carbonyl (C=O) groups excluding carboxylic acids is 1. The van der Waals surface area contributed by atoms with Crippen molar-refractivity contribution in [1.29, 1.82) is 0 Å². The highest BCUT2D eigenvalue weighted by molar-refractivity contribution is 6.28. The fourth-order valence-electron chi connectivity index (χ4n) is 2.75. The van der Waals surface area contributed by atoms with Gasteiger partial charge in [-0.2, -0.15) is 4.98 Å². The van der Waals surface area contributed by atoms with Crippen LogP contribution in [0.3, 0.4) is 0 Å². The highest BCUT2D eigenvalue weighted by atomic mass is 35.5. The molecule has 1 saturated carbocycles. The number of likely N-dealkylation sites (N-methyl/N-ethyl adjacent to an activating group) is 1. The van der Waals surface area contributed by atoms with Crippen molar-refractivity contribution < 1.29 is 13.6 Å².